The predicted octanol–water partition coefficient (Wildman–Crippen LogP) is 2.24. The number of anilines is 1. The summed E-state index contributed by atoms with van der Waals surface area (Å²) in [6.07, 6.45) is 1.46. The number of rotatable bonds is 4. The first-order valence-electron chi connectivity index (χ1n) is 5.28. The van der Waals surface area contributed by atoms with Crippen LogP contribution < -0.4 is 4.72 Å². The van der Waals surface area contributed by atoms with Crippen LogP contribution in [0.25, 0.3) is 0 Å². The number of carboxylic acids is 1. The molecule has 0 saturated carbocycles. The number of pyridine rings is 1. The zero-order valence-corrected chi connectivity index (χ0v) is 12.5. The second-order valence-corrected chi connectivity index (χ2v) is 6.32. The van der Waals surface area contributed by atoms with Gasteiger partial charge in [-0.3, -0.25) is 4.72 Å². The largest absolute Gasteiger partial charge is 0.475 e. The van der Waals surface area contributed by atoms with Gasteiger partial charge in [-0.05, 0) is 46.6 Å². The molecule has 2 rings (SSSR count). The quantitative estimate of drug-likeness (QED) is 0.864. The lowest BCUT2D eigenvalue weighted by molar-refractivity contribution is 0.0656. The third-order valence-electron chi connectivity index (χ3n) is 2.34. The second kappa shape index (κ2) is 5.25. The Morgan fingerprint density at radius 3 is 2.70 bits per heavy atom. The maximum Gasteiger partial charge on any atom is 0.371 e. The van der Waals surface area contributed by atoms with Gasteiger partial charge < -0.3 is 9.52 Å². The number of carbonyl (C=O) groups is 1. The minimum absolute atomic E-state index is 0.110. The maximum absolute atomic E-state index is 12.0. The number of aryl methyl sites for hydroxylation is 1. The fourth-order valence-corrected chi connectivity index (χ4v) is 2.51. The molecule has 106 valence electrons. The molecule has 0 saturated heterocycles. The van der Waals surface area contributed by atoms with Crippen LogP contribution in [0.15, 0.2) is 38.4 Å². The third kappa shape index (κ3) is 2.99. The standard InChI is InChI=1S/C11H9BrN2O5S/c1-6-4-9(13-5-7(6)12)14-20(17,18)10-3-2-8(19-10)11(15)16/h2-5H,1H3,(H,13,14)(H,15,16). The van der Waals surface area contributed by atoms with Gasteiger partial charge in [0.15, 0.2) is 0 Å². The van der Waals surface area contributed by atoms with Crippen molar-refractivity contribution in [2.45, 2.75) is 12.0 Å². The number of halogens is 1. The molecule has 0 aliphatic carbocycles. The topological polar surface area (TPSA) is 110 Å². The van der Waals surface area contributed by atoms with Gasteiger partial charge in [0, 0.05) is 10.7 Å². The minimum atomic E-state index is -4.01. The predicted molar refractivity (Wildman–Crippen MR) is 73.1 cm³/mol. The Morgan fingerprint density at radius 2 is 2.15 bits per heavy atom. The normalized spacial score (nSPS) is 11.3. The summed E-state index contributed by atoms with van der Waals surface area (Å²) in [7, 11) is -4.01. The average Bonchev–Trinajstić information content (AvgIpc) is 2.84. The van der Waals surface area contributed by atoms with Crippen molar-refractivity contribution in [2.75, 3.05) is 4.72 Å². The van der Waals surface area contributed by atoms with Gasteiger partial charge in [-0.1, -0.05) is 0 Å². The SMILES string of the molecule is Cc1cc(NS(=O)(=O)c2ccc(C(=O)O)o2)ncc1Br. The molecule has 20 heavy (non-hydrogen) atoms. The highest BCUT2D eigenvalue weighted by atomic mass is 79.9. The number of furan rings is 1. The van der Waals surface area contributed by atoms with Crippen molar-refractivity contribution in [2.24, 2.45) is 0 Å². The molecule has 2 heterocycles. The highest BCUT2D eigenvalue weighted by molar-refractivity contribution is 9.10. The van der Waals surface area contributed by atoms with Gasteiger partial charge in [-0.25, -0.2) is 9.78 Å². The average molecular weight is 361 g/mol. The molecule has 2 N–H and O–H groups in total. The van der Waals surface area contributed by atoms with E-state index in [9.17, 15) is 13.2 Å². The van der Waals surface area contributed by atoms with E-state index in [1.165, 1.54) is 12.3 Å². The van der Waals surface area contributed by atoms with Gasteiger partial charge in [0.25, 0.3) is 10.0 Å². The van der Waals surface area contributed by atoms with E-state index < -0.39 is 26.8 Å². The first-order chi connectivity index (χ1) is 9.29. The van der Waals surface area contributed by atoms with Gasteiger partial charge >= 0.3 is 5.97 Å². The molecule has 0 unspecified atom stereocenters. The van der Waals surface area contributed by atoms with Crippen LogP contribution in [-0.2, 0) is 10.0 Å². The summed E-state index contributed by atoms with van der Waals surface area (Å²) in [5, 5.41) is 8.21. The monoisotopic (exact) mass is 360 g/mol. The molecule has 0 atom stereocenters. The Labute approximate surface area is 122 Å². The fraction of sp³-hybridized carbons (Fsp3) is 0.0909. The Hall–Kier alpha value is -1.87. The fourth-order valence-electron chi connectivity index (χ4n) is 1.36. The summed E-state index contributed by atoms with van der Waals surface area (Å²) in [5.74, 6) is -1.69. The number of sulfonamides is 1. The first kappa shape index (κ1) is 14.5. The van der Waals surface area contributed by atoms with Crippen LogP contribution in [0.2, 0.25) is 0 Å². The number of nitrogens with zero attached hydrogens (tertiary/aromatic N) is 1. The summed E-state index contributed by atoms with van der Waals surface area (Å²) >= 11 is 3.25. The van der Waals surface area contributed by atoms with Gasteiger partial charge in [0.2, 0.25) is 10.9 Å². The molecule has 0 radical (unpaired) electrons. The van der Waals surface area contributed by atoms with E-state index in [0.717, 1.165) is 22.2 Å². The molecular weight excluding hydrogens is 352 g/mol. The molecular formula is C11H9BrN2O5S. The smallest absolute Gasteiger partial charge is 0.371 e. The molecule has 7 nitrogen and oxygen atoms in total. The summed E-state index contributed by atoms with van der Waals surface area (Å²) in [6.45, 7) is 1.78. The molecule has 0 aliphatic rings. The van der Waals surface area contributed by atoms with Crippen molar-refractivity contribution in [3.63, 3.8) is 0 Å². The van der Waals surface area contributed by atoms with Crippen molar-refractivity contribution >= 4 is 37.7 Å². The highest BCUT2D eigenvalue weighted by Gasteiger charge is 2.21. The molecule has 0 spiro atoms. The molecule has 0 aromatic carbocycles. The number of nitrogens with one attached hydrogen (secondary N) is 1. The zero-order valence-electron chi connectivity index (χ0n) is 10.1. The summed E-state index contributed by atoms with van der Waals surface area (Å²) in [5.41, 5.74) is 0.795. The third-order valence-corrected chi connectivity index (χ3v) is 4.40. The van der Waals surface area contributed by atoms with Crippen LogP contribution in [0, 0.1) is 6.92 Å². The van der Waals surface area contributed by atoms with Gasteiger partial charge in [0.1, 0.15) is 5.82 Å². The van der Waals surface area contributed by atoms with E-state index in [0.29, 0.717) is 0 Å². The Bertz CT molecular complexity index is 769. The van der Waals surface area contributed by atoms with E-state index in [4.69, 9.17) is 9.52 Å². The van der Waals surface area contributed by atoms with Gasteiger partial charge in [-0.15, -0.1) is 0 Å². The van der Waals surface area contributed by atoms with Crippen molar-refractivity contribution in [3.8, 4) is 0 Å². The number of hydrogen-bond acceptors (Lipinski definition) is 5. The van der Waals surface area contributed by atoms with Crippen molar-refractivity contribution in [3.05, 3.63) is 40.2 Å². The number of carboxylic acid groups (broad SMARTS) is 1. The van der Waals surface area contributed by atoms with E-state index in [1.807, 2.05) is 0 Å². The molecule has 2 aromatic heterocycles. The summed E-state index contributed by atoms with van der Waals surface area (Å²) in [4.78, 5) is 14.6. The van der Waals surface area contributed by atoms with E-state index in [1.54, 1.807) is 6.92 Å². The van der Waals surface area contributed by atoms with Gasteiger partial charge in [0.05, 0.1) is 0 Å². The van der Waals surface area contributed by atoms with Crippen LogP contribution >= 0.6 is 15.9 Å². The minimum Gasteiger partial charge on any atom is -0.475 e. The number of hydrogen-bond donors (Lipinski definition) is 2. The zero-order chi connectivity index (χ0) is 14.9. The van der Waals surface area contributed by atoms with Crippen LogP contribution in [-0.4, -0.2) is 24.5 Å². The van der Waals surface area contributed by atoms with E-state index >= 15 is 0 Å². The lowest BCUT2D eigenvalue weighted by Gasteiger charge is -2.06. The first-order valence-corrected chi connectivity index (χ1v) is 7.55. The molecule has 0 aliphatic heterocycles. The van der Waals surface area contributed by atoms with Crippen LogP contribution in [0.3, 0.4) is 0 Å². The molecule has 2 aromatic rings. The summed E-state index contributed by atoms with van der Waals surface area (Å²) < 4.78 is 31.7. The Balaban J connectivity index is 2.30. The second-order valence-electron chi connectivity index (χ2n) is 3.85. The molecule has 0 amide bonds. The van der Waals surface area contributed by atoms with Crippen LogP contribution in [0.5, 0.6) is 0 Å². The molecule has 0 fully saturated rings. The summed E-state index contributed by atoms with van der Waals surface area (Å²) in [6, 6.07) is 3.66. The maximum atomic E-state index is 12.0. The number of aromatic nitrogens is 1. The van der Waals surface area contributed by atoms with Crippen LogP contribution in [0.1, 0.15) is 16.1 Å². The molecule has 9 heteroatoms. The highest BCUT2D eigenvalue weighted by Crippen LogP contribution is 2.21. The lowest BCUT2D eigenvalue weighted by atomic mass is 10.3. The van der Waals surface area contributed by atoms with Crippen molar-refractivity contribution < 1.29 is 22.7 Å². The molecule has 0 bridgehead atoms. The van der Waals surface area contributed by atoms with E-state index in [2.05, 4.69) is 25.6 Å². The van der Waals surface area contributed by atoms with Crippen molar-refractivity contribution in [1.29, 1.82) is 0 Å². The van der Waals surface area contributed by atoms with Crippen molar-refractivity contribution in [1.82, 2.24) is 4.98 Å². The Kier molecular flexibility index (Phi) is 3.82. The van der Waals surface area contributed by atoms with Crippen LogP contribution in [0.4, 0.5) is 5.82 Å². The number of aromatic carboxylic acids is 1. The van der Waals surface area contributed by atoms with Gasteiger partial charge in [-0.2, -0.15) is 8.42 Å². The Morgan fingerprint density at radius 1 is 1.45 bits per heavy atom. The lowest BCUT2D eigenvalue weighted by Crippen LogP contribution is -2.13. The van der Waals surface area contributed by atoms with E-state index in [-0.39, 0.29) is 5.82 Å².